The number of benzene rings is 4. The van der Waals surface area contributed by atoms with E-state index in [-0.39, 0.29) is 11.9 Å². The van der Waals surface area contributed by atoms with Crippen LogP contribution in [0.25, 0.3) is 22.2 Å². The van der Waals surface area contributed by atoms with Gasteiger partial charge in [-0.25, -0.2) is 0 Å². The van der Waals surface area contributed by atoms with Gasteiger partial charge in [0.05, 0.1) is 11.7 Å². The van der Waals surface area contributed by atoms with Crippen LogP contribution in [0.2, 0.25) is 0 Å². The first-order chi connectivity index (χ1) is 16.2. The van der Waals surface area contributed by atoms with Crippen LogP contribution in [0, 0.1) is 0 Å². The Bertz CT molecular complexity index is 1470. The predicted molar refractivity (Wildman–Crippen MR) is 133 cm³/mol. The second-order valence-corrected chi connectivity index (χ2v) is 8.61. The van der Waals surface area contributed by atoms with Crippen molar-refractivity contribution in [2.45, 2.75) is 12.6 Å². The molecule has 0 spiro atoms. The van der Waals surface area contributed by atoms with Crippen molar-refractivity contribution in [2.24, 2.45) is 7.05 Å². The molecule has 1 atom stereocenters. The Morgan fingerprint density at radius 1 is 0.727 bits per heavy atom. The summed E-state index contributed by atoms with van der Waals surface area (Å²) in [5.74, 6) is 0.0893. The molecule has 0 fully saturated rings. The third-order valence-corrected chi connectivity index (χ3v) is 6.72. The average molecular weight is 429 g/mol. The molecule has 3 nitrogen and oxygen atoms in total. The number of nitrogens with zero attached hydrogens (tertiary/aromatic N) is 2. The second-order valence-electron chi connectivity index (χ2n) is 8.61. The standard InChI is InChI=1S/C30H24N2O/c1-31-26-19-11-10-18-25(26)27(28(31)22-14-6-3-7-15-22)29-23-16-8-9-17-24(23)30(33)32(29)20-21-12-4-2-5-13-21/h2-19,29H,20H2,1H3/t29-/m0/s1. The molecule has 6 rings (SSSR count). The van der Waals surface area contributed by atoms with Crippen LogP contribution < -0.4 is 0 Å². The average Bonchev–Trinajstić information content (AvgIpc) is 3.31. The van der Waals surface area contributed by atoms with Gasteiger partial charge in [-0.1, -0.05) is 97.1 Å². The maximum absolute atomic E-state index is 13.7. The lowest BCUT2D eigenvalue weighted by atomic mass is 9.93. The van der Waals surface area contributed by atoms with E-state index in [1.165, 1.54) is 16.5 Å². The second kappa shape index (κ2) is 7.79. The zero-order chi connectivity index (χ0) is 22.4. The SMILES string of the molecule is Cn1c(-c2ccccc2)c([C@@H]2c3ccccc3C(=O)N2Cc2ccccc2)c2ccccc21. The van der Waals surface area contributed by atoms with Crippen LogP contribution in [0.4, 0.5) is 0 Å². The lowest BCUT2D eigenvalue weighted by molar-refractivity contribution is 0.0737. The minimum Gasteiger partial charge on any atom is -0.343 e. The summed E-state index contributed by atoms with van der Waals surface area (Å²) in [4.78, 5) is 15.7. The molecule has 0 N–H and O–H groups in total. The molecule has 0 radical (unpaired) electrons. The Kier molecular flexibility index (Phi) is 4.62. The Balaban J connectivity index is 1.64. The van der Waals surface area contributed by atoms with E-state index in [0.717, 1.165) is 27.9 Å². The molecule has 0 unspecified atom stereocenters. The van der Waals surface area contributed by atoms with E-state index in [1.807, 2.05) is 47.4 Å². The van der Waals surface area contributed by atoms with Gasteiger partial charge in [0, 0.05) is 35.6 Å². The lowest BCUT2D eigenvalue weighted by Crippen LogP contribution is -2.28. The molecule has 1 aliphatic heterocycles. The molecule has 0 bridgehead atoms. The molecular weight excluding hydrogens is 404 g/mol. The van der Waals surface area contributed by atoms with Crippen molar-refractivity contribution in [3.63, 3.8) is 0 Å². The maximum atomic E-state index is 13.7. The van der Waals surface area contributed by atoms with Gasteiger partial charge in [0.1, 0.15) is 0 Å². The first kappa shape index (κ1) is 19.6. The minimum absolute atomic E-state index is 0.0893. The fraction of sp³-hybridized carbons (Fsp3) is 0.100. The first-order valence-corrected chi connectivity index (χ1v) is 11.3. The summed E-state index contributed by atoms with van der Waals surface area (Å²) in [6.45, 7) is 0.566. The summed E-state index contributed by atoms with van der Waals surface area (Å²) in [5, 5.41) is 1.19. The highest BCUT2D eigenvalue weighted by Gasteiger charge is 2.40. The van der Waals surface area contributed by atoms with Gasteiger partial charge in [0.25, 0.3) is 5.91 Å². The molecule has 5 aromatic rings. The fourth-order valence-electron chi connectivity index (χ4n) is 5.27. The van der Waals surface area contributed by atoms with Gasteiger partial charge in [-0.15, -0.1) is 0 Å². The van der Waals surface area contributed by atoms with Crippen molar-refractivity contribution in [3.05, 3.63) is 131 Å². The summed E-state index contributed by atoms with van der Waals surface area (Å²) in [7, 11) is 2.12. The third kappa shape index (κ3) is 3.08. The monoisotopic (exact) mass is 428 g/mol. The fourth-order valence-corrected chi connectivity index (χ4v) is 5.27. The Morgan fingerprint density at radius 3 is 2.15 bits per heavy atom. The van der Waals surface area contributed by atoms with Crippen molar-refractivity contribution in [1.29, 1.82) is 0 Å². The number of hydrogen-bond donors (Lipinski definition) is 0. The number of carbonyl (C=O) groups excluding carboxylic acids is 1. The highest BCUT2D eigenvalue weighted by Crippen LogP contribution is 2.46. The van der Waals surface area contributed by atoms with Crippen LogP contribution in [-0.4, -0.2) is 15.4 Å². The lowest BCUT2D eigenvalue weighted by Gasteiger charge is -2.27. The van der Waals surface area contributed by atoms with Gasteiger partial charge in [-0.3, -0.25) is 4.79 Å². The van der Waals surface area contributed by atoms with Crippen molar-refractivity contribution in [2.75, 3.05) is 0 Å². The van der Waals surface area contributed by atoms with Gasteiger partial charge in [0.15, 0.2) is 0 Å². The van der Waals surface area contributed by atoms with Gasteiger partial charge < -0.3 is 9.47 Å². The van der Waals surface area contributed by atoms with Gasteiger partial charge in [0.2, 0.25) is 0 Å². The predicted octanol–water partition coefficient (Wildman–Crippen LogP) is 6.59. The normalized spacial score (nSPS) is 15.2. The van der Waals surface area contributed by atoms with E-state index >= 15 is 0 Å². The minimum atomic E-state index is -0.157. The van der Waals surface area contributed by atoms with Crippen molar-refractivity contribution in [3.8, 4) is 11.3 Å². The molecule has 160 valence electrons. The number of fused-ring (bicyclic) bond motifs is 2. The van der Waals surface area contributed by atoms with Crippen LogP contribution in [0.15, 0.2) is 109 Å². The first-order valence-electron chi connectivity index (χ1n) is 11.3. The zero-order valence-electron chi connectivity index (χ0n) is 18.5. The summed E-state index contributed by atoms with van der Waals surface area (Å²) >= 11 is 0. The number of aryl methyl sites for hydroxylation is 1. The maximum Gasteiger partial charge on any atom is 0.255 e. The van der Waals surface area contributed by atoms with Crippen molar-refractivity contribution < 1.29 is 4.79 Å². The largest absolute Gasteiger partial charge is 0.343 e. The number of rotatable bonds is 4. The Morgan fingerprint density at radius 2 is 1.36 bits per heavy atom. The molecule has 4 aromatic carbocycles. The molecular formula is C30H24N2O. The molecule has 1 aromatic heterocycles. The third-order valence-electron chi connectivity index (χ3n) is 6.72. The quantitative estimate of drug-likeness (QED) is 0.317. The van der Waals surface area contributed by atoms with Crippen LogP contribution in [-0.2, 0) is 13.6 Å². The van der Waals surface area contributed by atoms with Gasteiger partial charge >= 0.3 is 0 Å². The summed E-state index contributed by atoms with van der Waals surface area (Å²) in [5.41, 5.74) is 7.67. The smallest absolute Gasteiger partial charge is 0.255 e. The molecule has 1 aliphatic rings. The topological polar surface area (TPSA) is 25.2 Å². The van der Waals surface area contributed by atoms with Crippen LogP contribution in [0.5, 0.6) is 0 Å². The Labute approximate surface area is 193 Å². The number of para-hydroxylation sites is 1. The van der Waals surface area contributed by atoms with Crippen LogP contribution in [0.3, 0.4) is 0 Å². The number of amides is 1. The molecule has 0 aliphatic carbocycles. The van der Waals surface area contributed by atoms with Crippen molar-refractivity contribution in [1.82, 2.24) is 9.47 Å². The molecule has 1 amide bonds. The molecule has 33 heavy (non-hydrogen) atoms. The number of carbonyl (C=O) groups is 1. The molecule has 0 saturated carbocycles. The molecule has 2 heterocycles. The van der Waals surface area contributed by atoms with Crippen LogP contribution in [0.1, 0.15) is 33.1 Å². The Hall–Kier alpha value is -4.11. The van der Waals surface area contributed by atoms with Crippen LogP contribution >= 0.6 is 0 Å². The highest BCUT2D eigenvalue weighted by atomic mass is 16.2. The van der Waals surface area contributed by atoms with Gasteiger partial charge in [-0.05, 0) is 28.8 Å². The van der Waals surface area contributed by atoms with E-state index < -0.39 is 0 Å². The van der Waals surface area contributed by atoms with E-state index in [2.05, 4.69) is 78.3 Å². The molecule has 0 saturated heterocycles. The summed E-state index contributed by atoms with van der Waals surface area (Å²) < 4.78 is 2.27. The van der Waals surface area contributed by atoms with Crippen molar-refractivity contribution >= 4 is 16.8 Å². The van der Waals surface area contributed by atoms with Gasteiger partial charge in [-0.2, -0.15) is 0 Å². The number of hydrogen-bond acceptors (Lipinski definition) is 1. The van der Waals surface area contributed by atoms with E-state index in [9.17, 15) is 4.79 Å². The zero-order valence-corrected chi connectivity index (χ0v) is 18.5. The van der Waals surface area contributed by atoms with E-state index in [1.54, 1.807) is 0 Å². The molecule has 3 heteroatoms. The van der Waals surface area contributed by atoms with E-state index in [4.69, 9.17) is 0 Å². The highest BCUT2D eigenvalue weighted by molar-refractivity contribution is 6.02. The van der Waals surface area contributed by atoms with E-state index in [0.29, 0.717) is 6.54 Å². The summed E-state index contributed by atoms with van der Waals surface area (Å²) in [6.07, 6.45) is 0. The summed E-state index contributed by atoms with van der Waals surface area (Å²) in [6, 6.07) is 37.2. The number of aromatic nitrogens is 1.